The molecule has 3 heterocycles. The summed E-state index contributed by atoms with van der Waals surface area (Å²) in [5.74, 6) is 2.42. The number of para-hydroxylation sites is 1. The second-order valence-corrected chi connectivity index (χ2v) is 23.1. The van der Waals surface area contributed by atoms with Gasteiger partial charge in [0.05, 0.1) is 22.4 Å². The van der Waals surface area contributed by atoms with Crippen LogP contribution in [0.4, 0.5) is 22.7 Å². The zero-order valence-corrected chi connectivity index (χ0v) is 44.0. The van der Waals surface area contributed by atoms with Crippen molar-refractivity contribution in [3.8, 4) is 28.4 Å². The first-order chi connectivity index (χ1) is 34.9. The van der Waals surface area contributed by atoms with E-state index in [4.69, 9.17) is 9.72 Å². The van der Waals surface area contributed by atoms with E-state index in [1.807, 2.05) is 6.20 Å². The maximum atomic E-state index is 7.19. The van der Waals surface area contributed by atoms with Crippen LogP contribution in [0, 0.1) is 0 Å². The van der Waals surface area contributed by atoms with Crippen molar-refractivity contribution < 1.29 is 4.74 Å². The summed E-state index contributed by atoms with van der Waals surface area (Å²) < 4.78 is 9.47. The molecule has 73 heavy (non-hydrogen) atoms. The summed E-state index contributed by atoms with van der Waals surface area (Å²) in [6.45, 7) is 23.6. The molecule has 1 aliphatic rings. The zero-order chi connectivity index (χ0) is 50.9. The second-order valence-electron chi connectivity index (χ2n) is 23.1. The van der Waals surface area contributed by atoms with E-state index >= 15 is 0 Å². The van der Waals surface area contributed by atoms with Crippen molar-refractivity contribution in [3.63, 3.8) is 0 Å². The molecular weight excluding hydrogens is 889 g/mol. The molecule has 364 valence electrons. The summed E-state index contributed by atoms with van der Waals surface area (Å²) in [5, 5.41) is 2.33. The third-order valence-corrected chi connectivity index (χ3v) is 15.4. The van der Waals surface area contributed by atoms with Crippen LogP contribution in [-0.2, 0) is 21.7 Å². The lowest BCUT2D eigenvalue weighted by molar-refractivity contribution is 0.480. The fourth-order valence-electron chi connectivity index (χ4n) is 10.7. The van der Waals surface area contributed by atoms with Crippen LogP contribution in [0.3, 0.4) is 0 Å². The predicted octanol–water partition coefficient (Wildman–Crippen LogP) is 18.1. The molecule has 0 atom stereocenters. The highest BCUT2D eigenvalue weighted by molar-refractivity contribution is 6.09. The molecule has 11 rings (SSSR count). The third-order valence-electron chi connectivity index (χ3n) is 15.4. The van der Waals surface area contributed by atoms with Gasteiger partial charge in [-0.2, -0.15) is 0 Å². The standard InChI is InChI=1S/C68H66N4O/c1-65(2,3)50-30-33-61-63(41-50)71(45-70(61)54-37-47(46-22-14-11-15-23-46)36-52(38-54)67(7,8)48-24-16-12-17-25-48)55-39-53(68(9,10)49-26-18-13-19-27-49)40-57(43-55)73-56-31-32-59-58-28-20-21-29-60(58)72(62(59)44-56)64-42-51(34-35-69-64)66(4,5)6/h11-44H,45H2,1-10H3. The minimum absolute atomic E-state index is 0.0312. The number of hydrogen-bond donors (Lipinski definition) is 0. The van der Waals surface area contributed by atoms with Crippen molar-refractivity contribution >= 4 is 44.6 Å². The maximum Gasteiger partial charge on any atom is 0.137 e. The van der Waals surface area contributed by atoms with Crippen LogP contribution in [0.5, 0.6) is 11.5 Å². The van der Waals surface area contributed by atoms with Gasteiger partial charge in [-0.1, -0.05) is 191 Å². The lowest BCUT2D eigenvalue weighted by Gasteiger charge is -2.30. The summed E-state index contributed by atoms with van der Waals surface area (Å²) in [5.41, 5.74) is 15.8. The van der Waals surface area contributed by atoms with E-state index < -0.39 is 0 Å². The number of aromatic nitrogens is 2. The van der Waals surface area contributed by atoms with Crippen LogP contribution in [0.15, 0.2) is 206 Å². The number of hydrogen-bond acceptors (Lipinski definition) is 4. The van der Waals surface area contributed by atoms with Gasteiger partial charge in [-0.25, -0.2) is 4.98 Å². The average Bonchev–Trinajstić information content (AvgIpc) is 3.94. The number of pyridine rings is 1. The summed E-state index contributed by atoms with van der Waals surface area (Å²) >= 11 is 0. The molecule has 0 saturated heterocycles. The van der Waals surface area contributed by atoms with Gasteiger partial charge in [-0.15, -0.1) is 0 Å². The minimum Gasteiger partial charge on any atom is -0.457 e. The summed E-state index contributed by atoms with van der Waals surface area (Å²) in [4.78, 5) is 9.96. The van der Waals surface area contributed by atoms with Crippen molar-refractivity contribution in [1.29, 1.82) is 0 Å². The quantitative estimate of drug-likeness (QED) is 0.137. The molecular formula is C68H66N4O. The van der Waals surface area contributed by atoms with E-state index in [0.29, 0.717) is 6.67 Å². The van der Waals surface area contributed by atoms with Crippen LogP contribution >= 0.6 is 0 Å². The van der Waals surface area contributed by atoms with Crippen LogP contribution in [-0.4, -0.2) is 16.2 Å². The highest BCUT2D eigenvalue weighted by atomic mass is 16.5. The van der Waals surface area contributed by atoms with E-state index in [9.17, 15) is 0 Å². The maximum absolute atomic E-state index is 7.19. The van der Waals surface area contributed by atoms with Crippen LogP contribution < -0.4 is 14.5 Å². The van der Waals surface area contributed by atoms with Gasteiger partial charge in [0.25, 0.3) is 0 Å². The number of ether oxygens (including phenoxy) is 1. The summed E-state index contributed by atoms with van der Waals surface area (Å²) in [6, 6.07) is 73.1. The first-order valence-corrected chi connectivity index (χ1v) is 25.8. The van der Waals surface area contributed by atoms with Gasteiger partial charge in [0.1, 0.15) is 24.0 Å². The number of nitrogens with zero attached hydrogens (tertiary/aromatic N) is 4. The van der Waals surface area contributed by atoms with Crippen LogP contribution in [0.1, 0.15) is 103 Å². The van der Waals surface area contributed by atoms with Gasteiger partial charge in [0.15, 0.2) is 0 Å². The fourth-order valence-corrected chi connectivity index (χ4v) is 10.7. The molecule has 0 amide bonds. The minimum atomic E-state index is -0.354. The number of benzene rings is 8. The molecule has 0 fully saturated rings. The molecule has 0 N–H and O–H groups in total. The molecule has 2 aromatic heterocycles. The van der Waals surface area contributed by atoms with E-state index in [2.05, 4.69) is 284 Å². The fraction of sp³-hybridized carbons (Fsp3) is 0.221. The topological polar surface area (TPSA) is 33.5 Å². The highest BCUT2D eigenvalue weighted by Gasteiger charge is 2.34. The van der Waals surface area contributed by atoms with E-state index in [1.54, 1.807) is 0 Å². The number of rotatable bonds is 10. The molecule has 0 unspecified atom stereocenters. The normalized spacial score (nSPS) is 13.2. The number of anilines is 4. The zero-order valence-electron chi connectivity index (χ0n) is 44.0. The van der Waals surface area contributed by atoms with E-state index in [0.717, 1.165) is 56.4 Å². The first-order valence-electron chi connectivity index (χ1n) is 25.8. The molecule has 0 saturated carbocycles. The van der Waals surface area contributed by atoms with E-state index in [-0.39, 0.29) is 21.7 Å². The largest absolute Gasteiger partial charge is 0.457 e. The molecule has 5 heteroatoms. The second kappa shape index (κ2) is 18.0. The third kappa shape index (κ3) is 8.86. The Morgan fingerprint density at radius 1 is 0.384 bits per heavy atom. The lowest BCUT2D eigenvalue weighted by atomic mass is 9.77. The Balaban J connectivity index is 1.07. The predicted molar refractivity (Wildman–Crippen MR) is 307 cm³/mol. The van der Waals surface area contributed by atoms with Crippen molar-refractivity contribution in [1.82, 2.24) is 9.55 Å². The Morgan fingerprint density at radius 3 is 1.60 bits per heavy atom. The Hall–Kier alpha value is -7.89. The molecule has 0 spiro atoms. The molecule has 0 aliphatic carbocycles. The Bertz CT molecular complexity index is 3650. The Kier molecular flexibility index (Phi) is 11.7. The smallest absolute Gasteiger partial charge is 0.137 e. The van der Waals surface area contributed by atoms with Crippen LogP contribution in [0.25, 0.3) is 38.8 Å². The Morgan fingerprint density at radius 2 is 0.945 bits per heavy atom. The van der Waals surface area contributed by atoms with Crippen molar-refractivity contribution in [2.75, 3.05) is 16.5 Å². The van der Waals surface area contributed by atoms with Crippen molar-refractivity contribution in [2.45, 2.75) is 90.9 Å². The summed E-state index contributed by atoms with van der Waals surface area (Å²) in [6.07, 6.45) is 1.94. The number of fused-ring (bicyclic) bond motifs is 4. The van der Waals surface area contributed by atoms with Gasteiger partial charge >= 0.3 is 0 Å². The SMILES string of the molecule is CC(C)(C)c1ccnc(-n2c3ccccc3c3ccc(Oc4cc(N5CN(c6cc(-c7ccccc7)cc(C(C)(C)c7ccccc7)c6)c6ccc(C(C)(C)C)cc65)cc(C(C)(C)c5ccccc5)c4)cc32)c1. The molecule has 5 nitrogen and oxygen atoms in total. The summed E-state index contributed by atoms with van der Waals surface area (Å²) in [7, 11) is 0. The Labute approximate surface area is 432 Å². The molecule has 0 bridgehead atoms. The van der Waals surface area contributed by atoms with Gasteiger partial charge < -0.3 is 14.5 Å². The van der Waals surface area contributed by atoms with Crippen molar-refractivity contribution in [3.05, 3.63) is 240 Å². The molecule has 1 aliphatic heterocycles. The first kappa shape index (κ1) is 47.4. The molecule has 8 aromatic carbocycles. The highest BCUT2D eigenvalue weighted by Crippen LogP contribution is 2.50. The molecule has 0 radical (unpaired) electrons. The van der Waals surface area contributed by atoms with Gasteiger partial charge in [0, 0.05) is 51.3 Å². The van der Waals surface area contributed by atoms with Crippen molar-refractivity contribution in [2.24, 2.45) is 0 Å². The van der Waals surface area contributed by atoms with Gasteiger partial charge in [-0.05, 0) is 122 Å². The monoisotopic (exact) mass is 955 g/mol. The lowest BCUT2D eigenvalue weighted by Crippen LogP contribution is -2.26. The van der Waals surface area contributed by atoms with Gasteiger partial charge in [0.2, 0.25) is 0 Å². The van der Waals surface area contributed by atoms with E-state index in [1.165, 1.54) is 50.0 Å². The molecule has 10 aromatic rings. The van der Waals surface area contributed by atoms with Crippen LogP contribution in [0.2, 0.25) is 0 Å². The average molecular weight is 955 g/mol. The van der Waals surface area contributed by atoms with Gasteiger partial charge in [-0.3, -0.25) is 4.57 Å².